The van der Waals surface area contributed by atoms with E-state index in [0.717, 1.165) is 11.3 Å². The van der Waals surface area contributed by atoms with Gasteiger partial charge in [-0.3, -0.25) is 0 Å². The Labute approximate surface area is 134 Å². The lowest BCUT2D eigenvalue weighted by Gasteiger charge is -2.10. The van der Waals surface area contributed by atoms with Gasteiger partial charge in [0.25, 0.3) is 0 Å². The van der Waals surface area contributed by atoms with Crippen LogP contribution in [-0.4, -0.2) is 29.3 Å². The zero-order chi connectivity index (χ0) is 16.7. The largest absolute Gasteiger partial charge is 0.383 e. The number of anilines is 1. The molecule has 2 N–H and O–H groups in total. The van der Waals surface area contributed by atoms with Crippen molar-refractivity contribution in [2.75, 3.05) is 19.0 Å². The van der Waals surface area contributed by atoms with Gasteiger partial charge in [-0.25, -0.2) is 9.78 Å². The highest BCUT2D eigenvalue weighted by atomic mass is 16.5. The monoisotopic (exact) mass is 313 g/mol. The molecule has 23 heavy (non-hydrogen) atoms. The van der Waals surface area contributed by atoms with Gasteiger partial charge in [0, 0.05) is 25.5 Å². The number of imidazole rings is 1. The fraction of sp³-hybridized carbons (Fsp3) is 0.312. The fourth-order valence-electron chi connectivity index (χ4n) is 2.05. The number of hydrogen-bond donors (Lipinski definition) is 2. The minimum absolute atomic E-state index is 0.336. The number of urea groups is 1. The number of rotatable bonds is 6. The lowest BCUT2D eigenvalue weighted by molar-refractivity contribution is 0.186. The Morgan fingerprint density at radius 2 is 2.30 bits per heavy atom. The quantitative estimate of drug-likeness (QED) is 0.853. The van der Waals surface area contributed by atoms with Crippen molar-refractivity contribution in [2.45, 2.75) is 20.0 Å². The van der Waals surface area contributed by atoms with Crippen molar-refractivity contribution in [1.29, 1.82) is 5.26 Å². The van der Waals surface area contributed by atoms with Gasteiger partial charge in [-0.15, -0.1) is 0 Å². The molecule has 7 nitrogen and oxygen atoms in total. The molecular formula is C16H19N5O2. The molecule has 2 aromatic rings. The Morgan fingerprint density at radius 1 is 1.48 bits per heavy atom. The second-order valence-electron chi connectivity index (χ2n) is 5.02. The molecule has 0 atom stereocenters. The minimum atomic E-state index is -0.336. The number of aromatic nitrogens is 2. The van der Waals surface area contributed by atoms with Crippen molar-refractivity contribution in [3.63, 3.8) is 0 Å². The van der Waals surface area contributed by atoms with Crippen LogP contribution in [0.2, 0.25) is 0 Å². The summed E-state index contributed by atoms with van der Waals surface area (Å²) in [5.74, 6) is 0. The predicted octanol–water partition coefficient (Wildman–Crippen LogP) is 2.03. The Morgan fingerprint density at radius 3 is 3.04 bits per heavy atom. The Balaban J connectivity index is 1.91. The summed E-state index contributed by atoms with van der Waals surface area (Å²) in [7, 11) is 1.64. The van der Waals surface area contributed by atoms with E-state index in [-0.39, 0.29) is 6.03 Å². The van der Waals surface area contributed by atoms with Crippen LogP contribution in [0.25, 0.3) is 0 Å². The topological polar surface area (TPSA) is 92.0 Å². The first-order valence-electron chi connectivity index (χ1n) is 7.17. The maximum Gasteiger partial charge on any atom is 0.319 e. The van der Waals surface area contributed by atoms with Gasteiger partial charge in [0.15, 0.2) is 0 Å². The summed E-state index contributed by atoms with van der Waals surface area (Å²) in [4.78, 5) is 16.0. The van der Waals surface area contributed by atoms with Crippen molar-refractivity contribution in [2.24, 2.45) is 0 Å². The molecule has 0 saturated carbocycles. The Bertz CT molecular complexity index is 718. The first-order chi connectivity index (χ1) is 11.1. The molecule has 0 bridgehead atoms. The van der Waals surface area contributed by atoms with E-state index in [1.807, 2.05) is 11.5 Å². The molecule has 2 rings (SSSR count). The maximum absolute atomic E-state index is 12.0. The van der Waals surface area contributed by atoms with Crippen LogP contribution in [0.4, 0.5) is 10.5 Å². The molecule has 1 heterocycles. The van der Waals surface area contributed by atoms with Gasteiger partial charge >= 0.3 is 6.03 Å². The minimum Gasteiger partial charge on any atom is -0.383 e. The number of amides is 2. The number of benzene rings is 1. The predicted molar refractivity (Wildman–Crippen MR) is 85.9 cm³/mol. The van der Waals surface area contributed by atoms with E-state index in [4.69, 9.17) is 10.00 Å². The highest BCUT2D eigenvalue weighted by Gasteiger charge is 2.06. The van der Waals surface area contributed by atoms with E-state index >= 15 is 0 Å². The molecule has 0 aliphatic heterocycles. The van der Waals surface area contributed by atoms with Gasteiger partial charge < -0.3 is 19.9 Å². The number of methoxy groups -OCH3 is 1. The standard InChI is InChI=1S/C16H19N5O2/c1-12-3-4-14(7-13(12)8-17)20-16(22)19-10-15-9-18-11-21(15)5-6-23-2/h3-4,7,9,11H,5-6,10H2,1-2H3,(H2,19,20,22). The fourth-order valence-corrected chi connectivity index (χ4v) is 2.05. The molecule has 0 radical (unpaired) electrons. The summed E-state index contributed by atoms with van der Waals surface area (Å²) in [6.07, 6.45) is 3.41. The normalized spacial score (nSPS) is 10.1. The highest BCUT2D eigenvalue weighted by molar-refractivity contribution is 5.89. The molecular weight excluding hydrogens is 294 g/mol. The van der Waals surface area contributed by atoms with Crippen molar-refractivity contribution < 1.29 is 9.53 Å². The second kappa shape index (κ2) is 7.96. The summed E-state index contributed by atoms with van der Waals surface area (Å²) in [5, 5.41) is 14.5. The molecule has 0 fully saturated rings. The van der Waals surface area contributed by atoms with Crippen molar-refractivity contribution >= 4 is 11.7 Å². The molecule has 0 spiro atoms. The first-order valence-corrected chi connectivity index (χ1v) is 7.17. The number of nitrogens with zero attached hydrogens (tertiary/aromatic N) is 3. The Hall–Kier alpha value is -2.85. The summed E-state index contributed by atoms with van der Waals surface area (Å²) in [6, 6.07) is 6.97. The number of carbonyl (C=O) groups is 1. The third-order valence-electron chi connectivity index (χ3n) is 3.38. The van der Waals surface area contributed by atoms with Crippen LogP contribution in [0.1, 0.15) is 16.8 Å². The van der Waals surface area contributed by atoms with Crippen LogP contribution < -0.4 is 10.6 Å². The molecule has 1 aromatic carbocycles. The molecule has 0 aliphatic carbocycles. The maximum atomic E-state index is 12.0. The molecule has 7 heteroatoms. The average molecular weight is 313 g/mol. The van der Waals surface area contributed by atoms with Gasteiger partial charge in [0.1, 0.15) is 0 Å². The second-order valence-corrected chi connectivity index (χ2v) is 5.02. The molecule has 0 aliphatic rings. The third-order valence-corrected chi connectivity index (χ3v) is 3.38. The number of hydrogen-bond acceptors (Lipinski definition) is 4. The number of nitriles is 1. The zero-order valence-electron chi connectivity index (χ0n) is 13.2. The van der Waals surface area contributed by atoms with Crippen LogP contribution in [0.15, 0.2) is 30.7 Å². The summed E-state index contributed by atoms with van der Waals surface area (Å²) in [5.41, 5.74) is 2.89. The van der Waals surface area contributed by atoms with Crippen molar-refractivity contribution in [3.05, 3.63) is 47.5 Å². The van der Waals surface area contributed by atoms with Crippen molar-refractivity contribution in [3.8, 4) is 6.07 Å². The smallest absolute Gasteiger partial charge is 0.319 e. The highest BCUT2D eigenvalue weighted by Crippen LogP contribution is 2.14. The van der Waals surface area contributed by atoms with Crippen LogP contribution in [0.3, 0.4) is 0 Å². The molecule has 2 amide bonds. The molecule has 0 saturated heterocycles. The number of aryl methyl sites for hydroxylation is 1. The summed E-state index contributed by atoms with van der Waals surface area (Å²) < 4.78 is 6.95. The van der Waals surface area contributed by atoms with Gasteiger partial charge in [-0.2, -0.15) is 5.26 Å². The number of carbonyl (C=O) groups excluding carboxylic acids is 1. The zero-order valence-corrected chi connectivity index (χ0v) is 13.2. The number of nitrogens with one attached hydrogen (secondary N) is 2. The van der Waals surface area contributed by atoms with E-state index in [1.54, 1.807) is 37.8 Å². The van der Waals surface area contributed by atoms with Crippen LogP contribution in [0.5, 0.6) is 0 Å². The van der Waals surface area contributed by atoms with E-state index in [9.17, 15) is 4.79 Å². The Kier molecular flexibility index (Phi) is 5.72. The van der Waals surface area contributed by atoms with E-state index in [2.05, 4.69) is 21.7 Å². The molecule has 120 valence electrons. The van der Waals surface area contributed by atoms with Crippen LogP contribution >= 0.6 is 0 Å². The lowest BCUT2D eigenvalue weighted by Crippen LogP contribution is -2.29. The molecule has 1 aromatic heterocycles. The van der Waals surface area contributed by atoms with Gasteiger partial charge in [0.2, 0.25) is 0 Å². The average Bonchev–Trinajstić information content (AvgIpc) is 3.00. The third kappa shape index (κ3) is 4.56. The summed E-state index contributed by atoms with van der Waals surface area (Å²) in [6.45, 7) is 3.46. The SMILES string of the molecule is COCCn1cncc1CNC(=O)Nc1ccc(C)c(C#N)c1. The lowest BCUT2D eigenvalue weighted by atomic mass is 10.1. The van der Waals surface area contributed by atoms with E-state index in [1.165, 1.54) is 0 Å². The van der Waals surface area contributed by atoms with E-state index < -0.39 is 0 Å². The van der Waals surface area contributed by atoms with Crippen LogP contribution in [0, 0.1) is 18.3 Å². The van der Waals surface area contributed by atoms with Crippen LogP contribution in [-0.2, 0) is 17.8 Å². The van der Waals surface area contributed by atoms with E-state index in [0.29, 0.717) is 30.9 Å². The van der Waals surface area contributed by atoms with Gasteiger partial charge in [-0.05, 0) is 24.6 Å². The van der Waals surface area contributed by atoms with Crippen molar-refractivity contribution in [1.82, 2.24) is 14.9 Å². The molecule has 0 unspecified atom stereocenters. The first kappa shape index (κ1) is 16.5. The summed E-state index contributed by atoms with van der Waals surface area (Å²) >= 11 is 0. The number of ether oxygens (including phenoxy) is 1. The van der Waals surface area contributed by atoms with Gasteiger partial charge in [-0.1, -0.05) is 6.07 Å². The van der Waals surface area contributed by atoms with Gasteiger partial charge in [0.05, 0.1) is 36.8 Å².